The van der Waals surface area contributed by atoms with Crippen molar-refractivity contribution in [2.24, 2.45) is 0 Å². The van der Waals surface area contributed by atoms with Crippen LogP contribution in [0.1, 0.15) is 17.5 Å². The summed E-state index contributed by atoms with van der Waals surface area (Å²) in [6.45, 7) is 5.21. The first-order valence-electron chi connectivity index (χ1n) is 9.09. The fourth-order valence-electron chi connectivity index (χ4n) is 3.06. The number of morpholine rings is 1. The van der Waals surface area contributed by atoms with Gasteiger partial charge in [-0.25, -0.2) is 4.39 Å². The minimum atomic E-state index is -0.243. The summed E-state index contributed by atoms with van der Waals surface area (Å²) in [5, 5.41) is 0. The van der Waals surface area contributed by atoms with E-state index in [0.717, 1.165) is 57.0 Å². The van der Waals surface area contributed by atoms with Crippen molar-refractivity contribution in [1.82, 2.24) is 4.90 Å². The van der Waals surface area contributed by atoms with E-state index in [9.17, 15) is 4.39 Å². The molecule has 140 valence electrons. The topological polar surface area (TPSA) is 30.9 Å². The van der Waals surface area contributed by atoms with Crippen molar-refractivity contribution in [3.8, 4) is 11.5 Å². The Hall–Kier alpha value is -2.11. The van der Waals surface area contributed by atoms with Crippen LogP contribution >= 0.6 is 0 Å². The fourth-order valence-corrected chi connectivity index (χ4v) is 3.06. The van der Waals surface area contributed by atoms with Crippen LogP contribution in [-0.4, -0.2) is 44.9 Å². The molecule has 0 N–H and O–H groups in total. The lowest BCUT2D eigenvalue weighted by Crippen LogP contribution is -2.36. The molecule has 1 aliphatic heterocycles. The minimum absolute atomic E-state index is 0.243. The molecular formula is C21H26FNO3. The molecule has 0 radical (unpaired) electrons. The Balaban J connectivity index is 1.52. The van der Waals surface area contributed by atoms with Gasteiger partial charge in [-0.3, -0.25) is 4.90 Å². The molecule has 1 aliphatic rings. The van der Waals surface area contributed by atoms with Gasteiger partial charge in [-0.05, 0) is 54.8 Å². The van der Waals surface area contributed by atoms with Gasteiger partial charge >= 0.3 is 0 Å². The summed E-state index contributed by atoms with van der Waals surface area (Å²) in [6.07, 6.45) is 2.12. The second kappa shape index (κ2) is 9.55. The molecule has 0 aliphatic carbocycles. The second-order valence-corrected chi connectivity index (χ2v) is 6.46. The maximum absolute atomic E-state index is 13.0. The number of hydrogen-bond acceptors (Lipinski definition) is 4. The lowest BCUT2D eigenvalue weighted by atomic mass is 10.1. The molecule has 0 atom stereocenters. The van der Waals surface area contributed by atoms with E-state index in [1.54, 1.807) is 19.2 Å². The van der Waals surface area contributed by atoms with Crippen LogP contribution in [0.5, 0.6) is 11.5 Å². The third kappa shape index (κ3) is 5.44. The van der Waals surface area contributed by atoms with Crippen LogP contribution in [0.2, 0.25) is 0 Å². The molecule has 5 heteroatoms. The van der Waals surface area contributed by atoms with E-state index < -0.39 is 0 Å². The second-order valence-electron chi connectivity index (χ2n) is 6.46. The van der Waals surface area contributed by atoms with Crippen molar-refractivity contribution in [2.45, 2.75) is 19.4 Å². The SMILES string of the molecule is COc1cc(CCCN2CCOCC2)ccc1OCc1ccc(F)cc1. The van der Waals surface area contributed by atoms with Gasteiger partial charge in [0.1, 0.15) is 12.4 Å². The van der Waals surface area contributed by atoms with Crippen molar-refractivity contribution in [2.75, 3.05) is 40.0 Å². The molecule has 26 heavy (non-hydrogen) atoms. The molecule has 0 unspecified atom stereocenters. The summed E-state index contributed by atoms with van der Waals surface area (Å²) in [5.41, 5.74) is 2.16. The van der Waals surface area contributed by atoms with Gasteiger partial charge in [0.05, 0.1) is 20.3 Å². The Bertz CT molecular complexity index is 684. The summed E-state index contributed by atoms with van der Waals surface area (Å²) >= 11 is 0. The first-order valence-corrected chi connectivity index (χ1v) is 9.09. The van der Waals surface area contributed by atoms with Gasteiger partial charge < -0.3 is 14.2 Å². The first-order chi connectivity index (χ1) is 12.7. The lowest BCUT2D eigenvalue weighted by Gasteiger charge is -2.26. The van der Waals surface area contributed by atoms with Crippen molar-refractivity contribution >= 4 is 0 Å². The molecule has 2 aromatic carbocycles. The molecule has 4 nitrogen and oxygen atoms in total. The highest BCUT2D eigenvalue weighted by Gasteiger charge is 2.10. The number of ether oxygens (including phenoxy) is 3. The Morgan fingerprint density at radius 1 is 1.00 bits per heavy atom. The molecule has 0 aromatic heterocycles. The number of methoxy groups -OCH3 is 1. The molecule has 0 amide bonds. The van der Waals surface area contributed by atoms with Crippen molar-refractivity contribution in [1.29, 1.82) is 0 Å². The van der Waals surface area contributed by atoms with Crippen LogP contribution in [0.15, 0.2) is 42.5 Å². The van der Waals surface area contributed by atoms with Gasteiger partial charge in [-0.15, -0.1) is 0 Å². The van der Waals surface area contributed by atoms with Crippen LogP contribution in [-0.2, 0) is 17.8 Å². The van der Waals surface area contributed by atoms with Crippen LogP contribution in [0.25, 0.3) is 0 Å². The minimum Gasteiger partial charge on any atom is -0.493 e. The number of hydrogen-bond donors (Lipinski definition) is 0. The molecule has 1 saturated heterocycles. The van der Waals surface area contributed by atoms with Crippen LogP contribution in [0.4, 0.5) is 4.39 Å². The zero-order chi connectivity index (χ0) is 18.2. The third-order valence-electron chi connectivity index (χ3n) is 4.58. The average molecular weight is 359 g/mol. The van der Waals surface area contributed by atoms with E-state index in [1.165, 1.54) is 17.7 Å². The smallest absolute Gasteiger partial charge is 0.161 e. The van der Waals surface area contributed by atoms with Gasteiger partial charge in [-0.1, -0.05) is 18.2 Å². The number of rotatable bonds is 8. The lowest BCUT2D eigenvalue weighted by molar-refractivity contribution is 0.0374. The maximum Gasteiger partial charge on any atom is 0.161 e. The first kappa shape index (κ1) is 18.7. The molecule has 0 bridgehead atoms. The van der Waals surface area contributed by atoms with E-state index in [4.69, 9.17) is 14.2 Å². The maximum atomic E-state index is 13.0. The highest BCUT2D eigenvalue weighted by molar-refractivity contribution is 5.43. The molecule has 2 aromatic rings. The zero-order valence-corrected chi connectivity index (χ0v) is 15.2. The van der Waals surface area contributed by atoms with Crippen molar-refractivity contribution < 1.29 is 18.6 Å². The molecule has 1 fully saturated rings. The number of aryl methyl sites for hydroxylation is 1. The number of benzene rings is 2. The molecule has 0 spiro atoms. The molecule has 3 rings (SSSR count). The van der Waals surface area contributed by atoms with Crippen LogP contribution in [0, 0.1) is 5.82 Å². The largest absolute Gasteiger partial charge is 0.493 e. The quantitative estimate of drug-likeness (QED) is 0.719. The highest BCUT2D eigenvalue weighted by Crippen LogP contribution is 2.29. The predicted octanol–water partition coefficient (Wildman–Crippen LogP) is 3.68. The Morgan fingerprint density at radius 2 is 1.73 bits per heavy atom. The van der Waals surface area contributed by atoms with E-state index in [1.807, 2.05) is 12.1 Å². The third-order valence-corrected chi connectivity index (χ3v) is 4.58. The fraction of sp³-hybridized carbons (Fsp3) is 0.429. The zero-order valence-electron chi connectivity index (χ0n) is 15.2. The van der Waals surface area contributed by atoms with Crippen LogP contribution < -0.4 is 9.47 Å². The van der Waals surface area contributed by atoms with Crippen molar-refractivity contribution in [3.05, 3.63) is 59.4 Å². The molecule has 1 heterocycles. The Morgan fingerprint density at radius 3 is 2.46 bits per heavy atom. The Kier molecular flexibility index (Phi) is 6.86. The molecular weight excluding hydrogens is 333 g/mol. The van der Waals surface area contributed by atoms with Gasteiger partial charge in [0.25, 0.3) is 0 Å². The van der Waals surface area contributed by atoms with E-state index in [-0.39, 0.29) is 5.82 Å². The van der Waals surface area contributed by atoms with Gasteiger partial charge in [0.15, 0.2) is 11.5 Å². The number of nitrogens with zero attached hydrogens (tertiary/aromatic N) is 1. The van der Waals surface area contributed by atoms with Gasteiger partial charge in [-0.2, -0.15) is 0 Å². The monoisotopic (exact) mass is 359 g/mol. The normalized spacial score (nSPS) is 15.0. The highest BCUT2D eigenvalue weighted by atomic mass is 19.1. The van der Waals surface area contributed by atoms with Gasteiger partial charge in [0, 0.05) is 13.1 Å². The van der Waals surface area contributed by atoms with E-state index in [2.05, 4.69) is 11.0 Å². The van der Waals surface area contributed by atoms with E-state index in [0.29, 0.717) is 12.4 Å². The summed E-state index contributed by atoms with van der Waals surface area (Å²) < 4.78 is 29.7. The van der Waals surface area contributed by atoms with Crippen LogP contribution in [0.3, 0.4) is 0 Å². The number of halogens is 1. The summed E-state index contributed by atoms with van der Waals surface area (Å²) in [7, 11) is 1.65. The predicted molar refractivity (Wildman–Crippen MR) is 99.3 cm³/mol. The molecule has 0 saturated carbocycles. The Labute approximate surface area is 154 Å². The van der Waals surface area contributed by atoms with Gasteiger partial charge in [0.2, 0.25) is 0 Å². The standard InChI is InChI=1S/C21H26FNO3/c1-24-21-15-17(3-2-10-23-11-13-25-14-12-23)6-9-20(21)26-16-18-4-7-19(22)8-5-18/h4-9,15H,2-3,10-14,16H2,1H3. The summed E-state index contributed by atoms with van der Waals surface area (Å²) in [5.74, 6) is 1.19. The van der Waals surface area contributed by atoms with E-state index >= 15 is 0 Å². The van der Waals surface area contributed by atoms with Crippen molar-refractivity contribution in [3.63, 3.8) is 0 Å². The average Bonchev–Trinajstić information content (AvgIpc) is 2.69. The summed E-state index contributed by atoms with van der Waals surface area (Å²) in [6, 6.07) is 12.4. The summed E-state index contributed by atoms with van der Waals surface area (Å²) in [4.78, 5) is 2.45.